The van der Waals surface area contributed by atoms with Gasteiger partial charge in [0, 0.05) is 6.54 Å². The number of nitrogens with one attached hydrogen (secondary N) is 1. The number of aromatic nitrogens is 3. The molecule has 0 aliphatic rings. The van der Waals surface area contributed by atoms with Crippen LogP contribution in [-0.2, 0) is 4.79 Å². The van der Waals surface area contributed by atoms with E-state index in [1.165, 1.54) is 0 Å². The summed E-state index contributed by atoms with van der Waals surface area (Å²) in [5.74, 6) is -0.634. The van der Waals surface area contributed by atoms with Crippen LogP contribution in [0.5, 0.6) is 5.75 Å². The normalized spacial score (nSPS) is 11.2. The monoisotopic (exact) mass is 360 g/mol. The molecule has 2 aromatic rings. The third kappa shape index (κ3) is 3.68. The largest absolute Gasteiger partial charge is 0.497 e. The van der Waals surface area contributed by atoms with Crippen LogP contribution in [0.15, 0.2) is 24.3 Å². The molecule has 0 saturated heterocycles. The lowest BCUT2D eigenvalue weighted by molar-refractivity contribution is -0.149. The molecule has 8 nitrogen and oxygen atoms in total. The molecule has 0 fully saturated rings. The van der Waals surface area contributed by atoms with Crippen LogP contribution in [0.1, 0.15) is 42.9 Å². The number of carboxylic acids is 1. The van der Waals surface area contributed by atoms with Gasteiger partial charge in [0.15, 0.2) is 5.69 Å². The highest BCUT2D eigenvalue weighted by molar-refractivity contribution is 5.93. The smallest absolute Gasteiger partial charge is 0.311 e. The maximum absolute atomic E-state index is 12.5. The van der Waals surface area contributed by atoms with Gasteiger partial charge in [-0.1, -0.05) is 19.1 Å². The van der Waals surface area contributed by atoms with Crippen molar-refractivity contribution in [3.63, 3.8) is 0 Å². The van der Waals surface area contributed by atoms with E-state index in [2.05, 4.69) is 15.6 Å². The van der Waals surface area contributed by atoms with Crippen LogP contribution in [0.4, 0.5) is 0 Å². The summed E-state index contributed by atoms with van der Waals surface area (Å²) in [6.45, 7) is 5.39. The van der Waals surface area contributed by atoms with Gasteiger partial charge in [-0.3, -0.25) is 9.59 Å². The minimum absolute atomic E-state index is 0.0446. The molecular weight excluding hydrogens is 336 g/mol. The minimum atomic E-state index is -0.977. The fourth-order valence-corrected chi connectivity index (χ4v) is 2.72. The number of carbonyl (C=O) groups excluding carboxylic acids is 1. The SMILES string of the molecule is CCC(CC)(CNC(=O)c1nnn(-c2ccc(OC)cc2)c1C)C(=O)O. The second kappa shape index (κ2) is 7.99. The molecular formula is C18H24N4O4. The van der Waals surface area contributed by atoms with Gasteiger partial charge >= 0.3 is 5.97 Å². The van der Waals surface area contributed by atoms with Gasteiger partial charge in [-0.25, -0.2) is 4.68 Å². The summed E-state index contributed by atoms with van der Waals surface area (Å²) in [5.41, 5.74) is 0.515. The van der Waals surface area contributed by atoms with Gasteiger partial charge in [-0.2, -0.15) is 0 Å². The first-order chi connectivity index (χ1) is 12.4. The van der Waals surface area contributed by atoms with Gasteiger partial charge in [0.25, 0.3) is 5.91 Å². The maximum Gasteiger partial charge on any atom is 0.311 e. The van der Waals surface area contributed by atoms with Crippen LogP contribution < -0.4 is 10.1 Å². The van der Waals surface area contributed by atoms with E-state index >= 15 is 0 Å². The molecule has 1 aromatic carbocycles. The zero-order chi connectivity index (χ0) is 19.3. The van der Waals surface area contributed by atoms with Crippen LogP contribution in [0.3, 0.4) is 0 Å². The number of benzene rings is 1. The summed E-state index contributed by atoms with van der Waals surface area (Å²) >= 11 is 0. The Hall–Kier alpha value is -2.90. The Morgan fingerprint density at radius 1 is 1.23 bits per heavy atom. The molecule has 8 heteroatoms. The Labute approximate surface area is 152 Å². The highest BCUT2D eigenvalue weighted by Crippen LogP contribution is 2.26. The molecule has 0 unspecified atom stereocenters. The topological polar surface area (TPSA) is 106 Å². The van der Waals surface area contributed by atoms with Crippen LogP contribution in [-0.4, -0.2) is 45.6 Å². The molecule has 1 heterocycles. The van der Waals surface area contributed by atoms with E-state index in [1.54, 1.807) is 44.7 Å². The number of aliphatic carboxylic acids is 1. The second-order valence-corrected chi connectivity index (χ2v) is 6.11. The van der Waals surface area contributed by atoms with E-state index in [0.29, 0.717) is 24.3 Å². The number of ether oxygens (including phenoxy) is 1. The van der Waals surface area contributed by atoms with E-state index in [4.69, 9.17) is 4.74 Å². The minimum Gasteiger partial charge on any atom is -0.497 e. The molecule has 0 bridgehead atoms. The predicted molar refractivity (Wildman–Crippen MR) is 95.6 cm³/mol. The first kappa shape index (κ1) is 19.4. The summed E-state index contributed by atoms with van der Waals surface area (Å²) in [6.07, 6.45) is 0.854. The van der Waals surface area contributed by atoms with E-state index in [9.17, 15) is 14.7 Å². The van der Waals surface area contributed by atoms with Crippen LogP contribution in [0.25, 0.3) is 5.69 Å². The number of hydrogen-bond acceptors (Lipinski definition) is 5. The third-order valence-corrected chi connectivity index (χ3v) is 4.82. The van der Waals surface area contributed by atoms with E-state index in [-0.39, 0.29) is 12.2 Å². The maximum atomic E-state index is 12.5. The first-order valence-electron chi connectivity index (χ1n) is 8.46. The van der Waals surface area contributed by atoms with Gasteiger partial charge in [-0.15, -0.1) is 5.10 Å². The molecule has 0 atom stereocenters. The number of carbonyl (C=O) groups is 2. The highest BCUT2D eigenvalue weighted by atomic mass is 16.5. The number of methoxy groups -OCH3 is 1. The van der Waals surface area contributed by atoms with Crippen molar-refractivity contribution in [2.45, 2.75) is 33.6 Å². The zero-order valence-corrected chi connectivity index (χ0v) is 15.4. The second-order valence-electron chi connectivity index (χ2n) is 6.11. The van der Waals surface area contributed by atoms with Crippen molar-refractivity contribution in [2.75, 3.05) is 13.7 Å². The van der Waals surface area contributed by atoms with Crippen LogP contribution in [0.2, 0.25) is 0 Å². The van der Waals surface area contributed by atoms with Crippen molar-refractivity contribution in [3.05, 3.63) is 35.7 Å². The Morgan fingerprint density at radius 2 is 1.85 bits per heavy atom. The molecule has 2 rings (SSSR count). The molecule has 1 amide bonds. The average molecular weight is 360 g/mol. The molecule has 1 aromatic heterocycles. The van der Waals surface area contributed by atoms with Crippen LogP contribution >= 0.6 is 0 Å². The number of carboxylic acid groups (broad SMARTS) is 1. The van der Waals surface area contributed by atoms with Crippen molar-refractivity contribution in [3.8, 4) is 11.4 Å². The Balaban J connectivity index is 2.18. The van der Waals surface area contributed by atoms with Gasteiger partial charge in [-0.05, 0) is 44.0 Å². The number of nitrogens with zero attached hydrogens (tertiary/aromatic N) is 3. The average Bonchev–Trinajstić information content (AvgIpc) is 3.04. The molecule has 0 aliphatic heterocycles. The summed E-state index contributed by atoms with van der Waals surface area (Å²) in [7, 11) is 1.59. The van der Waals surface area contributed by atoms with Crippen molar-refractivity contribution in [1.82, 2.24) is 20.3 Å². The van der Waals surface area contributed by atoms with Gasteiger partial charge < -0.3 is 15.2 Å². The number of amides is 1. The van der Waals surface area contributed by atoms with Crippen molar-refractivity contribution in [1.29, 1.82) is 0 Å². The van der Waals surface area contributed by atoms with Gasteiger partial charge in [0.05, 0.1) is 23.9 Å². The van der Waals surface area contributed by atoms with E-state index in [0.717, 1.165) is 5.69 Å². The molecule has 0 radical (unpaired) electrons. The predicted octanol–water partition coefficient (Wildman–Crippen LogP) is 2.21. The molecule has 0 saturated carbocycles. The van der Waals surface area contributed by atoms with E-state index < -0.39 is 17.3 Å². The first-order valence-corrected chi connectivity index (χ1v) is 8.46. The molecule has 0 spiro atoms. The lowest BCUT2D eigenvalue weighted by Gasteiger charge is -2.26. The van der Waals surface area contributed by atoms with Gasteiger partial charge in [0.2, 0.25) is 0 Å². The Kier molecular flexibility index (Phi) is 5.97. The molecule has 26 heavy (non-hydrogen) atoms. The Bertz CT molecular complexity index is 779. The lowest BCUT2D eigenvalue weighted by Crippen LogP contribution is -2.42. The highest BCUT2D eigenvalue weighted by Gasteiger charge is 2.35. The molecule has 2 N–H and O–H groups in total. The van der Waals surface area contributed by atoms with Gasteiger partial charge in [0.1, 0.15) is 5.75 Å². The standard InChI is InChI=1S/C18H24N4O4/c1-5-18(6-2,17(24)25)11-19-16(23)15-12(3)22(21-20-15)13-7-9-14(26-4)10-8-13/h7-10H,5-6,11H2,1-4H3,(H,19,23)(H,24,25). The van der Waals surface area contributed by atoms with Crippen molar-refractivity contribution in [2.24, 2.45) is 5.41 Å². The fraction of sp³-hybridized carbons (Fsp3) is 0.444. The molecule has 140 valence electrons. The van der Waals surface area contributed by atoms with Crippen LogP contribution in [0, 0.1) is 12.3 Å². The quantitative estimate of drug-likeness (QED) is 0.747. The number of rotatable bonds is 8. The molecule has 0 aliphatic carbocycles. The summed E-state index contributed by atoms with van der Waals surface area (Å²) < 4.78 is 6.68. The zero-order valence-electron chi connectivity index (χ0n) is 15.4. The Morgan fingerprint density at radius 3 is 2.35 bits per heavy atom. The summed E-state index contributed by atoms with van der Waals surface area (Å²) in [5, 5.41) is 20.1. The van der Waals surface area contributed by atoms with Crippen molar-refractivity contribution < 1.29 is 19.4 Å². The lowest BCUT2D eigenvalue weighted by atomic mass is 9.82. The fourth-order valence-electron chi connectivity index (χ4n) is 2.72. The third-order valence-electron chi connectivity index (χ3n) is 4.82. The van der Waals surface area contributed by atoms with Crippen molar-refractivity contribution >= 4 is 11.9 Å². The van der Waals surface area contributed by atoms with E-state index in [1.807, 2.05) is 12.1 Å². The summed E-state index contributed by atoms with van der Waals surface area (Å²) in [4.78, 5) is 24.0. The summed E-state index contributed by atoms with van der Waals surface area (Å²) in [6, 6.07) is 7.21. The number of hydrogen-bond donors (Lipinski definition) is 2.